The molecule has 0 aliphatic carbocycles. The fourth-order valence-electron chi connectivity index (χ4n) is 1.54. The van der Waals surface area contributed by atoms with Crippen molar-refractivity contribution in [2.24, 2.45) is 5.73 Å². The van der Waals surface area contributed by atoms with E-state index in [0.717, 1.165) is 0 Å². The van der Waals surface area contributed by atoms with E-state index in [0.29, 0.717) is 11.4 Å². The molecule has 0 saturated heterocycles. The summed E-state index contributed by atoms with van der Waals surface area (Å²) in [4.78, 5) is 15.9. The number of halogens is 1. The lowest BCUT2D eigenvalue weighted by Crippen LogP contribution is -2.26. The molecule has 0 unspecified atom stereocenters. The Morgan fingerprint density at radius 2 is 2.10 bits per heavy atom. The molecule has 21 heavy (non-hydrogen) atoms. The molecular formula is C14H21ClN2O4. The Balaban J connectivity index is 2.68. The van der Waals surface area contributed by atoms with Crippen LogP contribution < -0.4 is 10.5 Å². The Bertz CT molecular complexity index is 488. The minimum absolute atomic E-state index is 0.0267. The van der Waals surface area contributed by atoms with E-state index in [1.165, 1.54) is 7.11 Å². The number of esters is 1. The third-order valence-electron chi connectivity index (χ3n) is 2.35. The number of nitrogens with two attached hydrogens (primary N) is 1. The minimum atomic E-state index is -0.589. The Hall–Kier alpha value is -1.37. The lowest BCUT2D eigenvalue weighted by Gasteiger charge is -2.21. The zero-order valence-corrected chi connectivity index (χ0v) is 13.4. The molecular weight excluding hydrogens is 296 g/mol. The summed E-state index contributed by atoms with van der Waals surface area (Å²) < 4.78 is 15.2. The summed E-state index contributed by atoms with van der Waals surface area (Å²) in [6, 6.07) is 2.71. The van der Waals surface area contributed by atoms with Gasteiger partial charge in [-0.25, -0.2) is 4.98 Å². The molecule has 1 atom stereocenters. The average Bonchev–Trinajstić information content (AvgIpc) is 2.34. The predicted octanol–water partition coefficient (Wildman–Crippen LogP) is 2.45. The molecule has 0 amide bonds. The number of carbonyl (C=O) groups is 1. The first-order chi connectivity index (χ1) is 9.73. The Kier molecular flexibility index (Phi) is 6.39. The van der Waals surface area contributed by atoms with Crippen LogP contribution in [-0.2, 0) is 14.3 Å². The van der Waals surface area contributed by atoms with Gasteiger partial charge in [-0.15, -0.1) is 0 Å². The van der Waals surface area contributed by atoms with Crippen molar-refractivity contribution in [3.63, 3.8) is 0 Å². The first-order valence-corrected chi connectivity index (χ1v) is 6.86. The van der Waals surface area contributed by atoms with Crippen LogP contribution >= 0.6 is 11.6 Å². The van der Waals surface area contributed by atoms with Gasteiger partial charge in [0.1, 0.15) is 5.60 Å². The number of hydrogen-bond acceptors (Lipinski definition) is 6. The number of hydrogen-bond donors (Lipinski definition) is 1. The molecule has 6 nitrogen and oxygen atoms in total. The van der Waals surface area contributed by atoms with Gasteiger partial charge in [0.05, 0.1) is 18.2 Å². The fraction of sp³-hybridized carbons (Fsp3) is 0.571. The number of ether oxygens (including phenoxy) is 3. The summed E-state index contributed by atoms with van der Waals surface area (Å²) >= 11 is 5.99. The fourth-order valence-corrected chi connectivity index (χ4v) is 1.75. The van der Waals surface area contributed by atoms with Gasteiger partial charge >= 0.3 is 5.97 Å². The van der Waals surface area contributed by atoms with Gasteiger partial charge in [-0.3, -0.25) is 4.79 Å². The van der Waals surface area contributed by atoms with Crippen molar-refractivity contribution >= 4 is 17.6 Å². The van der Waals surface area contributed by atoms with E-state index in [-0.39, 0.29) is 24.3 Å². The maximum atomic E-state index is 11.7. The average molecular weight is 317 g/mol. The SMILES string of the molecule is COCOc1ccc([C@H](N)CC(=O)OC(C)(C)C)nc1Cl. The highest BCUT2D eigenvalue weighted by Crippen LogP contribution is 2.25. The van der Waals surface area contributed by atoms with Gasteiger partial charge in [0.25, 0.3) is 0 Å². The molecule has 1 heterocycles. The third-order valence-corrected chi connectivity index (χ3v) is 2.63. The van der Waals surface area contributed by atoms with Crippen LogP contribution in [0.4, 0.5) is 0 Å². The lowest BCUT2D eigenvalue weighted by atomic mass is 10.1. The smallest absolute Gasteiger partial charge is 0.308 e. The van der Waals surface area contributed by atoms with Crippen LogP contribution in [0.3, 0.4) is 0 Å². The Morgan fingerprint density at radius 3 is 2.62 bits per heavy atom. The van der Waals surface area contributed by atoms with Crippen molar-refractivity contribution in [3.05, 3.63) is 23.0 Å². The Morgan fingerprint density at radius 1 is 1.43 bits per heavy atom. The van der Waals surface area contributed by atoms with Gasteiger partial charge in [-0.1, -0.05) is 11.6 Å². The summed E-state index contributed by atoms with van der Waals surface area (Å²) in [5.41, 5.74) is 5.90. The highest BCUT2D eigenvalue weighted by atomic mass is 35.5. The van der Waals surface area contributed by atoms with Crippen molar-refractivity contribution in [1.82, 2.24) is 4.98 Å². The van der Waals surface area contributed by atoms with Crippen LogP contribution in [0.2, 0.25) is 5.15 Å². The largest absolute Gasteiger partial charge is 0.464 e. The molecule has 0 saturated carbocycles. The summed E-state index contributed by atoms with van der Waals surface area (Å²) in [7, 11) is 1.51. The first-order valence-electron chi connectivity index (χ1n) is 6.48. The highest BCUT2D eigenvalue weighted by Gasteiger charge is 2.20. The minimum Gasteiger partial charge on any atom is -0.464 e. The second kappa shape index (κ2) is 7.59. The topological polar surface area (TPSA) is 83.7 Å². The molecule has 0 fully saturated rings. The molecule has 1 aromatic rings. The maximum absolute atomic E-state index is 11.7. The molecule has 0 aromatic carbocycles. The number of methoxy groups -OCH3 is 1. The van der Waals surface area contributed by atoms with Crippen molar-refractivity contribution < 1.29 is 19.0 Å². The van der Waals surface area contributed by atoms with Crippen molar-refractivity contribution in [2.75, 3.05) is 13.9 Å². The van der Waals surface area contributed by atoms with E-state index in [9.17, 15) is 4.79 Å². The van der Waals surface area contributed by atoms with Gasteiger partial charge in [0.2, 0.25) is 0 Å². The number of pyridine rings is 1. The number of nitrogens with zero attached hydrogens (tertiary/aromatic N) is 1. The third kappa shape index (κ3) is 6.29. The number of aromatic nitrogens is 1. The van der Waals surface area contributed by atoms with Gasteiger partial charge in [-0.2, -0.15) is 0 Å². The lowest BCUT2D eigenvalue weighted by molar-refractivity contribution is -0.155. The first kappa shape index (κ1) is 17.7. The van der Waals surface area contributed by atoms with Crippen molar-refractivity contribution in [1.29, 1.82) is 0 Å². The molecule has 0 aliphatic heterocycles. The van der Waals surface area contributed by atoms with E-state index >= 15 is 0 Å². The molecule has 2 N–H and O–H groups in total. The quantitative estimate of drug-likeness (QED) is 0.493. The number of carbonyl (C=O) groups excluding carboxylic acids is 1. The second-order valence-electron chi connectivity index (χ2n) is 5.47. The van der Waals surface area contributed by atoms with Gasteiger partial charge in [-0.05, 0) is 32.9 Å². The molecule has 1 aromatic heterocycles. The van der Waals surface area contributed by atoms with Crippen LogP contribution in [-0.4, -0.2) is 30.5 Å². The zero-order chi connectivity index (χ0) is 16.0. The van der Waals surface area contributed by atoms with Crippen molar-refractivity contribution in [2.45, 2.75) is 38.8 Å². The van der Waals surface area contributed by atoms with E-state index in [1.807, 2.05) is 0 Å². The standard InChI is InChI=1S/C14H21ClN2O4/c1-14(2,3)21-12(18)7-9(16)10-5-6-11(13(15)17-10)20-8-19-4/h5-6,9H,7-8,16H2,1-4H3/t9-/m1/s1. The van der Waals surface area contributed by atoms with Crippen LogP contribution in [0.1, 0.15) is 38.9 Å². The van der Waals surface area contributed by atoms with Crippen molar-refractivity contribution in [3.8, 4) is 5.75 Å². The number of rotatable bonds is 6. The van der Waals surface area contributed by atoms with Crippen LogP contribution in [0.5, 0.6) is 5.75 Å². The van der Waals surface area contributed by atoms with Gasteiger partial charge < -0.3 is 19.9 Å². The summed E-state index contributed by atoms with van der Waals surface area (Å²) in [5.74, 6) is 0.0133. The Labute approximate surface area is 129 Å². The molecule has 0 spiro atoms. The second-order valence-corrected chi connectivity index (χ2v) is 5.83. The summed E-state index contributed by atoms with van der Waals surface area (Å²) in [6.45, 7) is 5.47. The van der Waals surface area contributed by atoms with Crippen LogP contribution in [0, 0.1) is 0 Å². The van der Waals surface area contributed by atoms with Crippen LogP contribution in [0.15, 0.2) is 12.1 Å². The van der Waals surface area contributed by atoms with Crippen LogP contribution in [0.25, 0.3) is 0 Å². The molecule has 1 rings (SSSR count). The summed E-state index contributed by atoms with van der Waals surface area (Å²) in [5, 5.41) is 0.171. The highest BCUT2D eigenvalue weighted by molar-refractivity contribution is 6.30. The maximum Gasteiger partial charge on any atom is 0.308 e. The molecule has 0 radical (unpaired) electrons. The molecule has 0 aliphatic rings. The molecule has 7 heteroatoms. The monoisotopic (exact) mass is 316 g/mol. The van der Waals surface area contributed by atoms with Gasteiger partial charge in [0.15, 0.2) is 17.7 Å². The molecule has 0 bridgehead atoms. The van der Waals surface area contributed by atoms with Gasteiger partial charge in [0, 0.05) is 7.11 Å². The van der Waals surface area contributed by atoms with E-state index in [4.69, 9.17) is 31.5 Å². The summed E-state index contributed by atoms with van der Waals surface area (Å²) in [6.07, 6.45) is 0.0267. The predicted molar refractivity (Wildman–Crippen MR) is 79.1 cm³/mol. The normalized spacial score (nSPS) is 12.9. The molecule has 118 valence electrons. The van der Waals surface area contributed by atoms with E-state index < -0.39 is 11.6 Å². The van der Waals surface area contributed by atoms with E-state index in [1.54, 1.807) is 32.9 Å². The zero-order valence-electron chi connectivity index (χ0n) is 12.7. The van der Waals surface area contributed by atoms with E-state index in [2.05, 4.69) is 4.98 Å².